The lowest BCUT2D eigenvalue weighted by Gasteiger charge is -2.21. The van der Waals surface area contributed by atoms with Gasteiger partial charge in [0.15, 0.2) is 11.7 Å². The Morgan fingerprint density at radius 3 is 2.93 bits per heavy atom. The van der Waals surface area contributed by atoms with E-state index in [9.17, 15) is 4.79 Å². The number of hydrogen-bond donors (Lipinski definition) is 3. The number of carbonyl (C=O) groups excluding carboxylic acids is 1. The van der Waals surface area contributed by atoms with E-state index in [-0.39, 0.29) is 35.9 Å². The van der Waals surface area contributed by atoms with Crippen molar-refractivity contribution in [2.45, 2.75) is 51.6 Å². The molecule has 1 saturated carbocycles. The zero-order valence-corrected chi connectivity index (χ0v) is 19.6. The van der Waals surface area contributed by atoms with Gasteiger partial charge in [0.2, 0.25) is 11.7 Å². The molecule has 3 heterocycles. The lowest BCUT2D eigenvalue weighted by atomic mass is 10.1. The van der Waals surface area contributed by atoms with Gasteiger partial charge in [-0.05, 0) is 38.3 Å². The fourth-order valence-corrected chi connectivity index (χ4v) is 4.06. The van der Waals surface area contributed by atoms with Gasteiger partial charge in [-0.1, -0.05) is 12.8 Å². The minimum absolute atomic E-state index is 0. The van der Waals surface area contributed by atoms with Gasteiger partial charge < -0.3 is 20.0 Å². The minimum Gasteiger partial charge on any atom is -0.461 e. The molecule has 9 nitrogen and oxygen atoms in total. The number of furan rings is 1. The molecule has 2 aromatic rings. The van der Waals surface area contributed by atoms with Crippen LogP contribution in [-0.4, -0.2) is 57.6 Å². The highest BCUT2D eigenvalue weighted by molar-refractivity contribution is 14.0. The first-order valence-corrected chi connectivity index (χ1v) is 10.5. The molecule has 3 N–H and O–H groups in total. The van der Waals surface area contributed by atoms with Crippen LogP contribution in [0.25, 0.3) is 11.6 Å². The van der Waals surface area contributed by atoms with Crippen LogP contribution in [0.4, 0.5) is 0 Å². The van der Waals surface area contributed by atoms with Crippen LogP contribution < -0.4 is 10.6 Å². The van der Waals surface area contributed by atoms with Crippen LogP contribution >= 0.6 is 24.0 Å². The summed E-state index contributed by atoms with van der Waals surface area (Å²) in [5.41, 5.74) is 0. The number of amides is 1. The number of nitrogens with zero attached hydrogens (tertiary/aromatic N) is 4. The SMILES string of the molecule is CCNC(=NCc1nc(-c2ccco2)n[nH]1)NC1CCN(C(=O)C2CCCC2)C1.I. The number of aromatic amines is 1. The van der Waals surface area contributed by atoms with Crippen LogP contribution in [0.2, 0.25) is 0 Å². The highest BCUT2D eigenvalue weighted by Gasteiger charge is 2.32. The Morgan fingerprint density at radius 2 is 2.20 bits per heavy atom. The Balaban J connectivity index is 0.00000256. The second kappa shape index (κ2) is 10.8. The standard InChI is InChI=1S/C20H29N7O2.HI/c1-2-21-20(22-12-17-24-18(26-25-17)16-8-5-11-29-16)23-15-9-10-27(13-15)19(28)14-6-3-4-7-14;/h5,8,11,14-15H,2-4,6-7,9-10,12-13H2,1H3,(H2,21,22,23)(H,24,25,26);1H. The first-order chi connectivity index (χ1) is 14.2. The molecule has 1 atom stereocenters. The molecular formula is C20H30IN7O2. The monoisotopic (exact) mass is 527 g/mol. The second-order valence-corrected chi connectivity index (χ2v) is 7.67. The number of halogens is 1. The molecule has 0 spiro atoms. The maximum absolute atomic E-state index is 12.6. The van der Waals surface area contributed by atoms with Gasteiger partial charge in [0, 0.05) is 31.6 Å². The number of likely N-dealkylation sites (tertiary alicyclic amines) is 1. The van der Waals surface area contributed by atoms with Crippen LogP contribution in [0.1, 0.15) is 44.9 Å². The van der Waals surface area contributed by atoms with Crippen molar-refractivity contribution in [3.63, 3.8) is 0 Å². The number of guanidine groups is 1. The van der Waals surface area contributed by atoms with Crippen molar-refractivity contribution in [3.05, 3.63) is 24.2 Å². The van der Waals surface area contributed by atoms with Gasteiger partial charge in [-0.2, -0.15) is 0 Å². The molecule has 2 fully saturated rings. The lowest BCUT2D eigenvalue weighted by molar-refractivity contribution is -0.134. The van der Waals surface area contributed by atoms with Crippen LogP contribution in [0.15, 0.2) is 27.8 Å². The first-order valence-electron chi connectivity index (χ1n) is 10.5. The predicted molar refractivity (Wildman–Crippen MR) is 124 cm³/mol. The molecule has 0 bridgehead atoms. The fourth-order valence-electron chi connectivity index (χ4n) is 4.06. The molecular weight excluding hydrogens is 497 g/mol. The minimum atomic E-state index is 0. The van der Waals surface area contributed by atoms with Crippen molar-refractivity contribution in [1.29, 1.82) is 0 Å². The second-order valence-electron chi connectivity index (χ2n) is 7.67. The summed E-state index contributed by atoms with van der Waals surface area (Å²) < 4.78 is 5.31. The van der Waals surface area contributed by atoms with Crippen molar-refractivity contribution in [3.8, 4) is 11.6 Å². The number of hydrogen-bond acceptors (Lipinski definition) is 5. The van der Waals surface area contributed by atoms with Crippen LogP contribution in [0.5, 0.6) is 0 Å². The van der Waals surface area contributed by atoms with E-state index in [1.807, 2.05) is 17.9 Å². The Morgan fingerprint density at radius 1 is 1.37 bits per heavy atom. The quantitative estimate of drug-likeness (QED) is 0.303. The highest BCUT2D eigenvalue weighted by Crippen LogP contribution is 2.27. The van der Waals surface area contributed by atoms with E-state index in [2.05, 4.69) is 30.8 Å². The summed E-state index contributed by atoms with van der Waals surface area (Å²) in [6.07, 6.45) is 7.01. The lowest BCUT2D eigenvalue weighted by Crippen LogP contribution is -2.45. The van der Waals surface area contributed by atoms with Crippen LogP contribution in [0.3, 0.4) is 0 Å². The van der Waals surface area contributed by atoms with Crippen molar-refractivity contribution in [2.24, 2.45) is 10.9 Å². The summed E-state index contributed by atoms with van der Waals surface area (Å²) in [7, 11) is 0. The number of nitrogens with one attached hydrogen (secondary N) is 3. The van der Waals surface area contributed by atoms with E-state index in [4.69, 9.17) is 4.42 Å². The van der Waals surface area contributed by atoms with Crippen LogP contribution in [0, 0.1) is 5.92 Å². The van der Waals surface area contributed by atoms with Crippen molar-refractivity contribution in [1.82, 2.24) is 30.7 Å². The predicted octanol–water partition coefficient (Wildman–Crippen LogP) is 2.53. The topological polar surface area (TPSA) is 111 Å². The molecule has 0 aromatic carbocycles. The van der Waals surface area contributed by atoms with Gasteiger partial charge in [0.1, 0.15) is 12.4 Å². The van der Waals surface area contributed by atoms with E-state index < -0.39 is 0 Å². The first kappa shape index (κ1) is 22.6. The molecule has 10 heteroatoms. The molecule has 30 heavy (non-hydrogen) atoms. The summed E-state index contributed by atoms with van der Waals surface area (Å²) in [5, 5.41) is 13.8. The van der Waals surface area contributed by atoms with E-state index in [1.165, 1.54) is 12.8 Å². The third kappa shape index (κ3) is 5.52. The van der Waals surface area contributed by atoms with Gasteiger partial charge >= 0.3 is 0 Å². The fraction of sp³-hybridized carbons (Fsp3) is 0.600. The van der Waals surface area contributed by atoms with E-state index in [1.54, 1.807) is 12.3 Å². The van der Waals surface area contributed by atoms with E-state index in [0.29, 0.717) is 29.9 Å². The van der Waals surface area contributed by atoms with E-state index in [0.717, 1.165) is 44.9 Å². The Kier molecular flexibility index (Phi) is 8.11. The molecule has 2 aromatic heterocycles. The van der Waals surface area contributed by atoms with Gasteiger partial charge in [0.25, 0.3) is 0 Å². The molecule has 2 aliphatic rings. The molecule has 4 rings (SSSR count). The largest absolute Gasteiger partial charge is 0.461 e. The number of aliphatic imine (C=N–C) groups is 1. The van der Waals surface area contributed by atoms with Crippen molar-refractivity contribution >= 4 is 35.8 Å². The summed E-state index contributed by atoms with van der Waals surface area (Å²) >= 11 is 0. The smallest absolute Gasteiger partial charge is 0.225 e. The van der Waals surface area contributed by atoms with Gasteiger partial charge in [0.05, 0.1) is 6.26 Å². The van der Waals surface area contributed by atoms with Crippen molar-refractivity contribution in [2.75, 3.05) is 19.6 Å². The zero-order chi connectivity index (χ0) is 20.1. The Hall–Kier alpha value is -2.11. The molecule has 1 aliphatic carbocycles. The Bertz CT molecular complexity index is 830. The summed E-state index contributed by atoms with van der Waals surface area (Å²) in [4.78, 5) is 23.7. The van der Waals surface area contributed by atoms with Crippen molar-refractivity contribution < 1.29 is 9.21 Å². The number of H-pyrrole nitrogens is 1. The summed E-state index contributed by atoms with van der Waals surface area (Å²) in [5.74, 6) is 3.11. The van der Waals surface area contributed by atoms with Crippen LogP contribution in [-0.2, 0) is 11.3 Å². The Labute approximate surface area is 193 Å². The summed E-state index contributed by atoms with van der Waals surface area (Å²) in [6.45, 7) is 4.73. The summed E-state index contributed by atoms with van der Waals surface area (Å²) in [6, 6.07) is 3.84. The zero-order valence-electron chi connectivity index (χ0n) is 17.3. The number of carbonyl (C=O) groups is 1. The molecule has 1 amide bonds. The number of aromatic nitrogens is 3. The average molecular weight is 527 g/mol. The maximum atomic E-state index is 12.6. The highest BCUT2D eigenvalue weighted by atomic mass is 127. The normalized spacial score (nSPS) is 19.7. The number of rotatable bonds is 6. The third-order valence-electron chi connectivity index (χ3n) is 5.55. The molecule has 0 radical (unpaired) electrons. The average Bonchev–Trinajstić information content (AvgIpc) is 3.53. The molecule has 1 aliphatic heterocycles. The van der Waals surface area contributed by atoms with Gasteiger partial charge in [-0.15, -0.1) is 29.1 Å². The van der Waals surface area contributed by atoms with E-state index >= 15 is 0 Å². The molecule has 164 valence electrons. The molecule has 1 saturated heterocycles. The van der Waals surface area contributed by atoms with Gasteiger partial charge in [-0.25, -0.2) is 9.98 Å². The molecule has 1 unspecified atom stereocenters. The maximum Gasteiger partial charge on any atom is 0.225 e. The van der Waals surface area contributed by atoms with Gasteiger partial charge in [-0.3, -0.25) is 9.89 Å². The third-order valence-corrected chi connectivity index (χ3v) is 5.55.